The number of rotatable bonds is 5. The van der Waals surface area contributed by atoms with Gasteiger partial charge in [-0.15, -0.1) is 11.3 Å². The molecule has 5 heteroatoms. The van der Waals surface area contributed by atoms with E-state index in [4.69, 9.17) is 5.11 Å². The van der Waals surface area contributed by atoms with Crippen LogP contribution in [-0.4, -0.2) is 34.0 Å². The Bertz CT molecular complexity index is 403. The van der Waals surface area contributed by atoms with E-state index in [1.54, 1.807) is 11.3 Å². The molecular formula is C12H20N2O2S. The molecule has 0 radical (unpaired) electrons. The Hall–Kier alpha value is -0.940. The van der Waals surface area contributed by atoms with Crippen molar-refractivity contribution in [3.8, 4) is 0 Å². The van der Waals surface area contributed by atoms with E-state index in [0.717, 1.165) is 15.6 Å². The van der Waals surface area contributed by atoms with Crippen LogP contribution in [0.25, 0.3) is 0 Å². The first-order valence-corrected chi connectivity index (χ1v) is 6.58. The molecule has 0 aliphatic carbocycles. The van der Waals surface area contributed by atoms with Crippen LogP contribution in [0.2, 0.25) is 0 Å². The number of carboxylic acids is 1. The predicted octanol–water partition coefficient (Wildman–Crippen LogP) is 2.62. The van der Waals surface area contributed by atoms with Crippen molar-refractivity contribution in [2.75, 3.05) is 7.05 Å². The zero-order chi connectivity index (χ0) is 13.2. The molecule has 2 unspecified atom stereocenters. The van der Waals surface area contributed by atoms with Gasteiger partial charge in [-0.1, -0.05) is 6.92 Å². The standard InChI is InChI=1S/C12H20N2O2S/c1-6-10(12(15)16)14(5)8(3)11-7(2)13-9(4)17-11/h8,10H,6H2,1-5H3,(H,15,16). The van der Waals surface area contributed by atoms with Crippen molar-refractivity contribution < 1.29 is 9.90 Å². The number of hydrogen-bond acceptors (Lipinski definition) is 4. The van der Waals surface area contributed by atoms with Gasteiger partial charge in [0.05, 0.1) is 10.7 Å². The predicted molar refractivity (Wildman–Crippen MR) is 69.5 cm³/mol. The molecule has 4 nitrogen and oxygen atoms in total. The quantitative estimate of drug-likeness (QED) is 0.880. The summed E-state index contributed by atoms with van der Waals surface area (Å²) in [5.74, 6) is -0.763. The molecule has 0 aromatic carbocycles. The van der Waals surface area contributed by atoms with E-state index in [2.05, 4.69) is 4.98 Å². The average molecular weight is 256 g/mol. The maximum atomic E-state index is 11.1. The van der Waals surface area contributed by atoms with Gasteiger partial charge in [-0.2, -0.15) is 0 Å². The monoisotopic (exact) mass is 256 g/mol. The van der Waals surface area contributed by atoms with Crippen LogP contribution in [-0.2, 0) is 4.79 Å². The van der Waals surface area contributed by atoms with Gasteiger partial charge in [0.25, 0.3) is 0 Å². The first-order valence-electron chi connectivity index (χ1n) is 5.77. The Labute approximate surface area is 106 Å². The highest BCUT2D eigenvalue weighted by Gasteiger charge is 2.27. The minimum absolute atomic E-state index is 0.0854. The van der Waals surface area contributed by atoms with Crippen LogP contribution in [0.1, 0.15) is 41.9 Å². The van der Waals surface area contributed by atoms with E-state index in [9.17, 15) is 4.79 Å². The van der Waals surface area contributed by atoms with E-state index in [0.29, 0.717) is 6.42 Å². The van der Waals surface area contributed by atoms with Crippen molar-refractivity contribution in [3.63, 3.8) is 0 Å². The van der Waals surface area contributed by atoms with E-state index in [1.165, 1.54) is 0 Å². The number of aliphatic carboxylic acids is 1. The molecule has 0 saturated carbocycles. The summed E-state index contributed by atoms with van der Waals surface area (Å²) in [6.45, 7) is 7.88. The highest BCUT2D eigenvalue weighted by molar-refractivity contribution is 7.11. The van der Waals surface area contributed by atoms with Gasteiger partial charge in [-0.3, -0.25) is 9.69 Å². The summed E-state index contributed by atoms with van der Waals surface area (Å²) in [6, 6.07) is -0.353. The van der Waals surface area contributed by atoms with Crippen molar-refractivity contribution in [2.24, 2.45) is 0 Å². The molecule has 96 valence electrons. The van der Waals surface area contributed by atoms with Crippen LogP contribution in [0.4, 0.5) is 0 Å². The van der Waals surface area contributed by atoms with Gasteiger partial charge in [-0.05, 0) is 34.2 Å². The summed E-state index contributed by atoms with van der Waals surface area (Å²) < 4.78 is 0. The highest BCUT2D eigenvalue weighted by Crippen LogP contribution is 2.29. The number of hydrogen-bond donors (Lipinski definition) is 1. The molecule has 0 bridgehead atoms. The van der Waals surface area contributed by atoms with Crippen LogP contribution >= 0.6 is 11.3 Å². The number of nitrogens with zero attached hydrogens (tertiary/aromatic N) is 2. The molecule has 0 amide bonds. The number of likely N-dealkylation sites (N-methyl/N-ethyl adjacent to an activating group) is 1. The number of aromatic nitrogens is 1. The lowest BCUT2D eigenvalue weighted by molar-refractivity contribution is -0.143. The summed E-state index contributed by atoms with van der Waals surface area (Å²) in [5.41, 5.74) is 1.01. The van der Waals surface area contributed by atoms with Crippen LogP contribution < -0.4 is 0 Å². The molecule has 0 spiro atoms. The van der Waals surface area contributed by atoms with Gasteiger partial charge in [0, 0.05) is 10.9 Å². The van der Waals surface area contributed by atoms with Crippen molar-refractivity contribution in [2.45, 2.75) is 46.2 Å². The molecule has 1 N–H and O–H groups in total. The molecule has 1 rings (SSSR count). The Morgan fingerprint density at radius 3 is 2.47 bits per heavy atom. The summed E-state index contributed by atoms with van der Waals surface area (Å²) in [5, 5.41) is 10.2. The normalized spacial score (nSPS) is 14.9. The molecule has 0 saturated heterocycles. The second kappa shape index (κ2) is 5.60. The lowest BCUT2D eigenvalue weighted by Crippen LogP contribution is -2.39. The van der Waals surface area contributed by atoms with Crippen LogP contribution in [0.15, 0.2) is 0 Å². The molecule has 1 heterocycles. The smallest absolute Gasteiger partial charge is 0.320 e. The molecule has 0 aliphatic rings. The molecule has 1 aromatic rings. The summed E-state index contributed by atoms with van der Waals surface area (Å²) in [7, 11) is 1.86. The Morgan fingerprint density at radius 2 is 2.12 bits per heavy atom. The van der Waals surface area contributed by atoms with E-state index in [1.807, 2.05) is 39.6 Å². The number of aryl methyl sites for hydroxylation is 2. The zero-order valence-electron chi connectivity index (χ0n) is 11.0. The molecule has 1 aromatic heterocycles. The van der Waals surface area contributed by atoms with Crippen molar-refractivity contribution in [3.05, 3.63) is 15.6 Å². The maximum absolute atomic E-state index is 11.1. The number of carbonyl (C=O) groups is 1. The van der Waals surface area contributed by atoms with Crippen molar-refractivity contribution in [1.82, 2.24) is 9.88 Å². The number of carboxylic acid groups (broad SMARTS) is 1. The fourth-order valence-electron chi connectivity index (χ4n) is 2.03. The Morgan fingerprint density at radius 1 is 1.53 bits per heavy atom. The van der Waals surface area contributed by atoms with Crippen LogP contribution in [0, 0.1) is 13.8 Å². The third-order valence-electron chi connectivity index (χ3n) is 3.09. The van der Waals surface area contributed by atoms with Gasteiger partial charge in [0.15, 0.2) is 0 Å². The van der Waals surface area contributed by atoms with Gasteiger partial charge >= 0.3 is 5.97 Å². The molecular weight excluding hydrogens is 236 g/mol. The fourth-order valence-corrected chi connectivity index (χ4v) is 3.06. The van der Waals surface area contributed by atoms with E-state index < -0.39 is 12.0 Å². The molecule has 2 atom stereocenters. The maximum Gasteiger partial charge on any atom is 0.320 e. The largest absolute Gasteiger partial charge is 0.480 e. The lowest BCUT2D eigenvalue weighted by Gasteiger charge is -2.29. The van der Waals surface area contributed by atoms with Gasteiger partial charge in [0.2, 0.25) is 0 Å². The Balaban J connectivity index is 2.92. The van der Waals surface area contributed by atoms with Crippen molar-refractivity contribution in [1.29, 1.82) is 0 Å². The van der Waals surface area contributed by atoms with E-state index in [-0.39, 0.29) is 6.04 Å². The zero-order valence-corrected chi connectivity index (χ0v) is 11.8. The van der Waals surface area contributed by atoms with Gasteiger partial charge < -0.3 is 5.11 Å². The highest BCUT2D eigenvalue weighted by atomic mass is 32.1. The topological polar surface area (TPSA) is 53.4 Å². The second-order valence-electron chi connectivity index (χ2n) is 4.29. The number of thiazole rings is 1. The fraction of sp³-hybridized carbons (Fsp3) is 0.667. The summed E-state index contributed by atoms with van der Waals surface area (Å²) in [6.07, 6.45) is 0.604. The SMILES string of the molecule is CCC(C(=O)O)N(C)C(C)c1sc(C)nc1C. The minimum Gasteiger partial charge on any atom is -0.480 e. The average Bonchev–Trinajstić information content (AvgIpc) is 2.57. The molecule has 0 aliphatic heterocycles. The second-order valence-corrected chi connectivity index (χ2v) is 5.52. The lowest BCUT2D eigenvalue weighted by atomic mass is 10.1. The first-order chi connectivity index (χ1) is 7.88. The molecule has 0 fully saturated rings. The molecule has 17 heavy (non-hydrogen) atoms. The van der Waals surface area contributed by atoms with Gasteiger partial charge in [0.1, 0.15) is 6.04 Å². The van der Waals surface area contributed by atoms with Crippen LogP contribution in [0.5, 0.6) is 0 Å². The summed E-state index contributed by atoms with van der Waals surface area (Å²) in [4.78, 5) is 18.6. The van der Waals surface area contributed by atoms with E-state index >= 15 is 0 Å². The first kappa shape index (κ1) is 14.1. The Kier molecular flexibility index (Phi) is 4.65. The van der Waals surface area contributed by atoms with Gasteiger partial charge in [-0.25, -0.2) is 4.98 Å². The van der Waals surface area contributed by atoms with Crippen molar-refractivity contribution >= 4 is 17.3 Å². The third-order valence-corrected chi connectivity index (χ3v) is 4.34. The summed E-state index contributed by atoms with van der Waals surface area (Å²) >= 11 is 1.64. The minimum atomic E-state index is -0.763. The third kappa shape index (κ3) is 3.04. The van der Waals surface area contributed by atoms with Crippen LogP contribution in [0.3, 0.4) is 0 Å².